The van der Waals surface area contributed by atoms with Crippen molar-refractivity contribution >= 4 is 5.91 Å². The molecule has 0 aromatic heterocycles. The molecule has 5 heteroatoms. The topological polar surface area (TPSA) is 56.8 Å². The van der Waals surface area contributed by atoms with E-state index in [1.165, 1.54) is 5.56 Å². The summed E-state index contributed by atoms with van der Waals surface area (Å²) < 4.78 is 16.4. The molecule has 0 spiro atoms. The average Bonchev–Trinajstić information content (AvgIpc) is 2.79. The molecule has 1 N–H and O–H groups in total. The molecule has 0 bridgehead atoms. The number of benzene rings is 3. The molecule has 3 aromatic carbocycles. The van der Waals surface area contributed by atoms with Crippen molar-refractivity contribution < 1.29 is 19.0 Å². The van der Waals surface area contributed by atoms with Gasteiger partial charge in [0.15, 0.2) is 6.61 Å². The summed E-state index contributed by atoms with van der Waals surface area (Å²) in [6, 6.07) is 23.7. The van der Waals surface area contributed by atoms with Crippen molar-refractivity contribution in [2.75, 3.05) is 27.4 Å². The van der Waals surface area contributed by atoms with E-state index in [-0.39, 0.29) is 12.5 Å². The Morgan fingerprint density at radius 3 is 2.37 bits per heavy atom. The van der Waals surface area contributed by atoms with Crippen molar-refractivity contribution in [3.8, 4) is 17.2 Å². The predicted octanol–water partition coefficient (Wildman–Crippen LogP) is 4.03. The van der Waals surface area contributed by atoms with Gasteiger partial charge < -0.3 is 19.5 Å². The molecule has 30 heavy (non-hydrogen) atoms. The van der Waals surface area contributed by atoms with Crippen LogP contribution in [0.15, 0.2) is 72.8 Å². The van der Waals surface area contributed by atoms with Crippen molar-refractivity contribution in [1.82, 2.24) is 5.32 Å². The standard InChI is InChI=1S/C25H27NO4/c1-28-22-13-12-20(24(17-22)29-2)14-15-26-25(27)18-30-23-11-7-6-10-21(23)16-19-8-4-3-5-9-19/h3-13,17H,14-16,18H2,1-2H3,(H,26,27). The lowest BCUT2D eigenvalue weighted by atomic mass is 10.0. The average molecular weight is 405 g/mol. The fourth-order valence-electron chi connectivity index (χ4n) is 3.20. The Morgan fingerprint density at radius 2 is 1.60 bits per heavy atom. The highest BCUT2D eigenvalue weighted by atomic mass is 16.5. The molecule has 156 valence electrons. The van der Waals surface area contributed by atoms with E-state index in [2.05, 4.69) is 17.4 Å². The normalized spacial score (nSPS) is 10.3. The van der Waals surface area contributed by atoms with Crippen molar-refractivity contribution in [3.63, 3.8) is 0 Å². The van der Waals surface area contributed by atoms with Gasteiger partial charge in [0.25, 0.3) is 5.91 Å². The number of ether oxygens (including phenoxy) is 3. The minimum absolute atomic E-state index is 0.0223. The maximum atomic E-state index is 12.2. The number of carbonyl (C=O) groups excluding carboxylic acids is 1. The van der Waals surface area contributed by atoms with Gasteiger partial charge in [-0.1, -0.05) is 54.6 Å². The van der Waals surface area contributed by atoms with Gasteiger partial charge in [0.05, 0.1) is 14.2 Å². The van der Waals surface area contributed by atoms with Crippen LogP contribution in [0.1, 0.15) is 16.7 Å². The molecule has 0 saturated heterocycles. The molecule has 5 nitrogen and oxygen atoms in total. The summed E-state index contributed by atoms with van der Waals surface area (Å²) in [4.78, 5) is 12.2. The number of carbonyl (C=O) groups is 1. The van der Waals surface area contributed by atoms with E-state index in [1.807, 2.05) is 60.7 Å². The van der Waals surface area contributed by atoms with Crippen LogP contribution in [-0.2, 0) is 17.6 Å². The zero-order valence-electron chi connectivity index (χ0n) is 17.4. The monoisotopic (exact) mass is 405 g/mol. The Hall–Kier alpha value is -3.47. The number of hydrogen-bond donors (Lipinski definition) is 1. The molecule has 0 radical (unpaired) electrons. The quantitative estimate of drug-likeness (QED) is 0.553. The number of para-hydroxylation sites is 1. The summed E-state index contributed by atoms with van der Waals surface area (Å²) in [5.74, 6) is 2.06. The molecule has 0 fully saturated rings. The Kier molecular flexibility index (Phi) is 7.72. The van der Waals surface area contributed by atoms with Crippen molar-refractivity contribution in [2.45, 2.75) is 12.8 Å². The van der Waals surface area contributed by atoms with Crippen molar-refractivity contribution in [1.29, 1.82) is 0 Å². The third-order valence-corrected chi connectivity index (χ3v) is 4.78. The Morgan fingerprint density at radius 1 is 0.833 bits per heavy atom. The largest absolute Gasteiger partial charge is 0.497 e. The Balaban J connectivity index is 1.50. The van der Waals surface area contributed by atoms with Gasteiger partial charge in [-0.25, -0.2) is 0 Å². The first kappa shape index (κ1) is 21.2. The number of methoxy groups -OCH3 is 2. The maximum absolute atomic E-state index is 12.2. The van der Waals surface area contributed by atoms with Gasteiger partial charge in [0.1, 0.15) is 17.2 Å². The number of hydrogen-bond acceptors (Lipinski definition) is 4. The summed E-state index contributed by atoms with van der Waals surface area (Å²) in [5.41, 5.74) is 3.26. The molecule has 3 rings (SSSR count). The number of amides is 1. The molecule has 0 aliphatic heterocycles. The number of rotatable bonds is 10. The highest BCUT2D eigenvalue weighted by molar-refractivity contribution is 5.77. The van der Waals surface area contributed by atoms with E-state index < -0.39 is 0 Å². The van der Waals surface area contributed by atoms with Gasteiger partial charge in [0, 0.05) is 19.0 Å². The first-order valence-corrected chi connectivity index (χ1v) is 9.92. The molecule has 0 atom stereocenters. The fourth-order valence-corrected chi connectivity index (χ4v) is 3.20. The second-order valence-corrected chi connectivity index (χ2v) is 6.84. The third kappa shape index (κ3) is 6.01. The molecule has 0 heterocycles. The highest BCUT2D eigenvalue weighted by Crippen LogP contribution is 2.25. The van der Waals surface area contributed by atoms with E-state index in [4.69, 9.17) is 14.2 Å². The summed E-state index contributed by atoms with van der Waals surface area (Å²) in [6.45, 7) is 0.474. The van der Waals surface area contributed by atoms with Crippen LogP contribution in [0.2, 0.25) is 0 Å². The molecule has 3 aromatic rings. The van der Waals surface area contributed by atoms with Crippen LogP contribution in [-0.4, -0.2) is 33.3 Å². The lowest BCUT2D eigenvalue weighted by Crippen LogP contribution is -2.30. The first-order chi connectivity index (χ1) is 14.7. The zero-order valence-corrected chi connectivity index (χ0v) is 17.4. The van der Waals surface area contributed by atoms with Gasteiger partial charge in [0.2, 0.25) is 0 Å². The van der Waals surface area contributed by atoms with Gasteiger partial charge in [-0.2, -0.15) is 0 Å². The summed E-state index contributed by atoms with van der Waals surface area (Å²) >= 11 is 0. The third-order valence-electron chi connectivity index (χ3n) is 4.78. The van der Waals surface area contributed by atoms with Crippen LogP contribution < -0.4 is 19.5 Å². The molecular formula is C25H27NO4. The van der Waals surface area contributed by atoms with E-state index in [0.29, 0.717) is 13.0 Å². The van der Waals surface area contributed by atoms with Gasteiger partial charge in [-0.3, -0.25) is 4.79 Å². The molecule has 1 amide bonds. The number of nitrogens with one attached hydrogen (secondary N) is 1. The Labute approximate surface area is 177 Å². The second-order valence-electron chi connectivity index (χ2n) is 6.84. The van der Waals surface area contributed by atoms with Crippen LogP contribution in [0, 0.1) is 0 Å². The van der Waals surface area contributed by atoms with Crippen LogP contribution in [0.3, 0.4) is 0 Å². The SMILES string of the molecule is COc1ccc(CCNC(=O)COc2ccccc2Cc2ccccc2)c(OC)c1. The van der Waals surface area contributed by atoms with E-state index >= 15 is 0 Å². The first-order valence-electron chi connectivity index (χ1n) is 9.92. The highest BCUT2D eigenvalue weighted by Gasteiger charge is 2.09. The summed E-state index contributed by atoms with van der Waals surface area (Å²) in [6.07, 6.45) is 1.42. The van der Waals surface area contributed by atoms with Crippen LogP contribution >= 0.6 is 0 Å². The van der Waals surface area contributed by atoms with Crippen LogP contribution in [0.5, 0.6) is 17.2 Å². The molecule has 0 aliphatic carbocycles. The molecule has 0 aliphatic rings. The lowest BCUT2D eigenvalue weighted by molar-refractivity contribution is -0.123. The van der Waals surface area contributed by atoms with Crippen molar-refractivity contribution in [3.05, 3.63) is 89.5 Å². The molecule has 0 saturated carbocycles. The minimum Gasteiger partial charge on any atom is -0.497 e. The zero-order chi connectivity index (χ0) is 21.2. The second kappa shape index (κ2) is 10.9. The lowest BCUT2D eigenvalue weighted by Gasteiger charge is -2.13. The smallest absolute Gasteiger partial charge is 0.257 e. The van der Waals surface area contributed by atoms with Gasteiger partial charge in [-0.15, -0.1) is 0 Å². The van der Waals surface area contributed by atoms with E-state index in [0.717, 1.165) is 34.8 Å². The molecular weight excluding hydrogens is 378 g/mol. The van der Waals surface area contributed by atoms with Crippen LogP contribution in [0.25, 0.3) is 0 Å². The fraction of sp³-hybridized carbons (Fsp3) is 0.240. The molecule has 0 unspecified atom stereocenters. The summed E-state index contributed by atoms with van der Waals surface area (Å²) in [5, 5.41) is 2.90. The van der Waals surface area contributed by atoms with Gasteiger partial charge >= 0.3 is 0 Å². The van der Waals surface area contributed by atoms with E-state index in [9.17, 15) is 4.79 Å². The Bertz CT molecular complexity index is 956. The minimum atomic E-state index is -0.156. The maximum Gasteiger partial charge on any atom is 0.257 e. The van der Waals surface area contributed by atoms with Crippen molar-refractivity contribution in [2.24, 2.45) is 0 Å². The summed E-state index contributed by atoms with van der Waals surface area (Å²) in [7, 11) is 3.24. The van der Waals surface area contributed by atoms with Gasteiger partial charge in [-0.05, 0) is 35.2 Å². The van der Waals surface area contributed by atoms with Crippen LogP contribution in [0.4, 0.5) is 0 Å². The van der Waals surface area contributed by atoms with E-state index in [1.54, 1.807) is 14.2 Å². The predicted molar refractivity (Wildman–Crippen MR) is 117 cm³/mol.